The van der Waals surface area contributed by atoms with E-state index in [1.807, 2.05) is 29.8 Å². The van der Waals surface area contributed by atoms with Crippen molar-refractivity contribution in [3.8, 4) is 0 Å². The summed E-state index contributed by atoms with van der Waals surface area (Å²) in [6, 6.07) is 3.93. The normalized spacial score (nSPS) is 11.6. The maximum Gasteiger partial charge on any atom is 0.244 e. The molecule has 0 aliphatic carbocycles. The minimum atomic E-state index is -0.122. The second-order valence-corrected chi connectivity index (χ2v) is 8.33. The molecule has 0 unspecified atom stereocenters. The Morgan fingerprint density at radius 2 is 2.25 bits per heavy atom. The zero-order valence-electron chi connectivity index (χ0n) is 16.2. The number of fused-ring (bicyclic) bond motifs is 1. The van der Waals surface area contributed by atoms with E-state index < -0.39 is 0 Å². The lowest BCUT2D eigenvalue weighted by Gasteiger charge is -2.10. The van der Waals surface area contributed by atoms with E-state index in [2.05, 4.69) is 39.5 Å². The van der Waals surface area contributed by atoms with E-state index in [4.69, 9.17) is 0 Å². The monoisotopic (exact) mass is 416 g/mol. The standard InChI is InChI=1S/C19H24N6OS2/c1-13(2)11-21-17-15-12-22-25(18(15)24-19(23-17)27-3)9-8-20-16(26)7-6-14-5-4-10-28-14/h4-7,10,12-13H,8-9,11H2,1-3H3,(H,20,26)(H,21,23,24)/b7-6+. The molecule has 0 fully saturated rings. The van der Waals surface area contributed by atoms with Crippen LogP contribution in [-0.4, -0.2) is 45.0 Å². The van der Waals surface area contributed by atoms with Crippen molar-refractivity contribution in [3.05, 3.63) is 34.7 Å². The van der Waals surface area contributed by atoms with Crippen molar-refractivity contribution in [1.82, 2.24) is 25.1 Å². The second kappa shape index (κ2) is 9.70. The van der Waals surface area contributed by atoms with Crippen LogP contribution in [0.5, 0.6) is 0 Å². The molecule has 0 atom stereocenters. The summed E-state index contributed by atoms with van der Waals surface area (Å²) in [5, 5.41) is 14.3. The van der Waals surface area contributed by atoms with Crippen LogP contribution in [0.3, 0.4) is 0 Å². The molecule has 0 aliphatic heterocycles. The van der Waals surface area contributed by atoms with Gasteiger partial charge in [-0.3, -0.25) is 4.79 Å². The summed E-state index contributed by atoms with van der Waals surface area (Å²) in [5.41, 5.74) is 0.772. The molecule has 1 amide bonds. The van der Waals surface area contributed by atoms with Gasteiger partial charge >= 0.3 is 0 Å². The van der Waals surface area contributed by atoms with Crippen LogP contribution in [0.4, 0.5) is 5.82 Å². The molecule has 0 saturated heterocycles. The number of thiophene rings is 1. The maximum atomic E-state index is 12.0. The Labute approximate surface area is 172 Å². The molecule has 9 heteroatoms. The molecule has 0 aliphatic rings. The molecule has 0 spiro atoms. The highest BCUT2D eigenvalue weighted by atomic mass is 32.2. The molecule has 3 aromatic heterocycles. The first kappa shape index (κ1) is 20.3. The molecule has 0 aromatic carbocycles. The van der Waals surface area contributed by atoms with Gasteiger partial charge in [0.1, 0.15) is 5.82 Å². The van der Waals surface area contributed by atoms with Crippen molar-refractivity contribution in [3.63, 3.8) is 0 Å². The summed E-state index contributed by atoms with van der Waals surface area (Å²) in [6.07, 6.45) is 7.10. The molecule has 2 N–H and O–H groups in total. The number of rotatable bonds is 9. The van der Waals surface area contributed by atoms with Gasteiger partial charge in [-0.25, -0.2) is 14.6 Å². The number of hydrogen-bond acceptors (Lipinski definition) is 7. The highest BCUT2D eigenvalue weighted by Gasteiger charge is 2.13. The van der Waals surface area contributed by atoms with Crippen LogP contribution in [0.1, 0.15) is 18.7 Å². The van der Waals surface area contributed by atoms with E-state index in [-0.39, 0.29) is 5.91 Å². The average Bonchev–Trinajstić information content (AvgIpc) is 3.34. The molecule has 0 bridgehead atoms. The van der Waals surface area contributed by atoms with Crippen LogP contribution in [0.15, 0.2) is 34.9 Å². The van der Waals surface area contributed by atoms with Crippen LogP contribution in [0.25, 0.3) is 17.1 Å². The SMILES string of the molecule is CSc1nc(NCC(C)C)c2cnn(CCNC(=O)/C=C/c3cccs3)c2n1. The molecule has 0 radical (unpaired) electrons. The van der Waals surface area contributed by atoms with Gasteiger partial charge in [0, 0.05) is 24.0 Å². The Morgan fingerprint density at radius 1 is 1.39 bits per heavy atom. The summed E-state index contributed by atoms with van der Waals surface area (Å²) in [5.74, 6) is 1.19. The molecule has 28 heavy (non-hydrogen) atoms. The number of aromatic nitrogens is 4. The lowest BCUT2D eigenvalue weighted by molar-refractivity contribution is -0.116. The largest absolute Gasteiger partial charge is 0.369 e. The van der Waals surface area contributed by atoms with E-state index in [0.717, 1.165) is 28.3 Å². The topological polar surface area (TPSA) is 84.7 Å². The fourth-order valence-electron chi connectivity index (χ4n) is 2.51. The molecule has 7 nitrogen and oxygen atoms in total. The van der Waals surface area contributed by atoms with E-state index in [0.29, 0.717) is 24.2 Å². The lowest BCUT2D eigenvalue weighted by Crippen LogP contribution is -2.25. The zero-order valence-corrected chi connectivity index (χ0v) is 17.8. The van der Waals surface area contributed by atoms with Gasteiger partial charge in [-0.1, -0.05) is 31.7 Å². The predicted molar refractivity (Wildman–Crippen MR) is 117 cm³/mol. The fraction of sp³-hybridized carbons (Fsp3) is 0.368. The first-order chi connectivity index (χ1) is 13.6. The predicted octanol–water partition coefficient (Wildman–Crippen LogP) is 3.51. The highest BCUT2D eigenvalue weighted by molar-refractivity contribution is 7.98. The molecule has 3 aromatic rings. The molecule has 0 saturated carbocycles. The zero-order chi connectivity index (χ0) is 19.9. The van der Waals surface area contributed by atoms with Crippen LogP contribution in [-0.2, 0) is 11.3 Å². The van der Waals surface area contributed by atoms with E-state index >= 15 is 0 Å². The molecular formula is C19H24N6OS2. The van der Waals surface area contributed by atoms with Gasteiger partial charge < -0.3 is 10.6 Å². The molecular weight excluding hydrogens is 392 g/mol. The van der Waals surface area contributed by atoms with Crippen LogP contribution in [0.2, 0.25) is 0 Å². The van der Waals surface area contributed by atoms with Gasteiger partial charge in [0.2, 0.25) is 5.91 Å². The van der Waals surface area contributed by atoms with Crippen LogP contribution in [0, 0.1) is 5.92 Å². The van der Waals surface area contributed by atoms with Crippen molar-refractivity contribution in [2.24, 2.45) is 5.92 Å². The highest BCUT2D eigenvalue weighted by Crippen LogP contribution is 2.23. The first-order valence-corrected chi connectivity index (χ1v) is 11.2. The Kier molecular flexibility index (Phi) is 7.05. The fourth-order valence-corrected chi connectivity index (χ4v) is 3.49. The summed E-state index contributed by atoms with van der Waals surface area (Å²) in [4.78, 5) is 22.2. The number of amides is 1. The van der Waals surface area contributed by atoms with Gasteiger partial charge in [-0.15, -0.1) is 11.3 Å². The number of carbonyl (C=O) groups is 1. The number of thioether (sulfide) groups is 1. The van der Waals surface area contributed by atoms with Gasteiger partial charge in [-0.05, 0) is 29.7 Å². The third-order valence-electron chi connectivity index (χ3n) is 3.90. The van der Waals surface area contributed by atoms with Crippen LogP contribution < -0.4 is 10.6 Å². The smallest absolute Gasteiger partial charge is 0.244 e. The third kappa shape index (κ3) is 5.32. The first-order valence-electron chi connectivity index (χ1n) is 9.07. The van der Waals surface area contributed by atoms with E-state index in [9.17, 15) is 4.79 Å². The van der Waals surface area contributed by atoms with Gasteiger partial charge in [0.15, 0.2) is 10.8 Å². The van der Waals surface area contributed by atoms with Crippen molar-refractivity contribution in [1.29, 1.82) is 0 Å². The quantitative estimate of drug-likeness (QED) is 0.315. The number of nitrogens with one attached hydrogen (secondary N) is 2. The van der Waals surface area contributed by atoms with Crippen molar-refractivity contribution >= 4 is 51.9 Å². The summed E-state index contributed by atoms with van der Waals surface area (Å²) >= 11 is 3.09. The summed E-state index contributed by atoms with van der Waals surface area (Å²) < 4.78 is 1.81. The van der Waals surface area contributed by atoms with Gasteiger partial charge in [0.05, 0.1) is 18.1 Å². The summed E-state index contributed by atoms with van der Waals surface area (Å²) in [6.45, 7) is 6.14. The second-order valence-electron chi connectivity index (χ2n) is 6.58. The minimum Gasteiger partial charge on any atom is -0.369 e. The summed E-state index contributed by atoms with van der Waals surface area (Å²) in [7, 11) is 0. The molecule has 148 valence electrons. The third-order valence-corrected chi connectivity index (χ3v) is 5.29. The van der Waals surface area contributed by atoms with Crippen LogP contribution >= 0.6 is 23.1 Å². The van der Waals surface area contributed by atoms with Crippen molar-refractivity contribution in [2.75, 3.05) is 24.7 Å². The number of anilines is 1. The Bertz CT molecular complexity index is 949. The minimum absolute atomic E-state index is 0.122. The Balaban J connectivity index is 1.66. The Morgan fingerprint density at radius 3 is 2.96 bits per heavy atom. The Hall–Kier alpha value is -2.39. The van der Waals surface area contributed by atoms with Gasteiger partial charge in [0.25, 0.3) is 0 Å². The maximum absolute atomic E-state index is 12.0. The number of nitrogens with zero attached hydrogens (tertiary/aromatic N) is 4. The number of carbonyl (C=O) groups excluding carboxylic acids is 1. The van der Waals surface area contributed by atoms with Crippen molar-refractivity contribution in [2.45, 2.75) is 25.5 Å². The molecule has 3 heterocycles. The number of hydrogen-bond donors (Lipinski definition) is 2. The molecule has 3 rings (SSSR count). The van der Waals surface area contributed by atoms with Crippen molar-refractivity contribution < 1.29 is 4.79 Å². The van der Waals surface area contributed by atoms with E-state index in [1.165, 1.54) is 11.8 Å². The lowest BCUT2D eigenvalue weighted by atomic mass is 10.2. The van der Waals surface area contributed by atoms with E-state index in [1.54, 1.807) is 28.3 Å². The van der Waals surface area contributed by atoms with Gasteiger partial charge in [-0.2, -0.15) is 5.10 Å². The average molecular weight is 417 g/mol.